The third-order valence-electron chi connectivity index (χ3n) is 2.74. The van der Waals surface area contributed by atoms with Crippen LogP contribution in [0.15, 0.2) is 18.2 Å². The van der Waals surface area contributed by atoms with Gasteiger partial charge in [0.25, 0.3) is 0 Å². The summed E-state index contributed by atoms with van der Waals surface area (Å²) < 4.78 is 11.2. The Morgan fingerprint density at radius 1 is 1.38 bits per heavy atom. The standard InChI is InChI=1S/C12H16ClNO2/c13-11-2-1-3-12(10(11)8-14)16-9-4-6-15-7-5-9/h1-3,9H,4-8,14H2. The highest BCUT2D eigenvalue weighted by Gasteiger charge is 2.17. The van der Waals surface area contributed by atoms with Gasteiger partial charge in [-0.3, -0.25) is 0 Å². The fourth-order valence-electron chi connectivity index (χ4n) is 1.82. The van der Waals surface area contributed by atoms with Gasteiger partial charge in [0, 0.05) is 30.0 Å². The van der Waals surface area contributed by atoms with Crippen LogP contribution < -0.4 is 10.5 Å². The molecule has 0 amide bonds. The molecule has 2 rings (SSSR count). The minimum absolute atomic E-state index is 0.220. The van der Waals surface area contributed by atoms with Crippen molar-refractivity contribution >= 4 is 11.6 Å². The molecule has 1 aromatic carbocycles. The van der Waals surface area contributed by atoms with Crippen LogP contribution >= 0.6 is 11.6 Å². The number of hydrogen-bond acceptors (Lipinski definition) is 3. The van der Waals surface area contributed by atoms with E-state index < -0.39 is 0 Å². The first-order valence-corrected chi connectivity index (χ1v) is 5.91. The molecule has 0 bridgehead atoms. The smallest absolute Gasteiger partial charge is 0.125 e. The fourth-order valence-corrected chi connectivity index (χ4v) is 2.06. The van der Waals surface area contributed by atoms with Crippen LogP contribution in [-0.4, -0.2) is 19.3 Å². The van der Waals surface area contributed by atoms with E-state index in [0.717, 1.165) is 37.4 Å². The van der Waals surface area contributed by atoms with E-state index in [1.54, 1.807) is 0 Å². The highest BCUT2D eigenvalue weighted by molar-refractivity contribution is 6.31. The molecular formula is C12H16ClNO2. The van der Waals surface area contributed by atoms with Gasteiger partial charge in [0.2, 0.25) is 0 Å². The zero-order valence-corrected chi connectivity index (χ0v) is 9.87. The summed E-state index contributed by atoms with van der Waals surface area (Å²) >= 11 is 6.06. The van der Waals surface area contributed by atoms with Gasteiger partial charge in [0.05, 0.1) is 13.2 Å². The molecule has 0 radical (unpaired) electrons. The lowest BCUT2D eigenvalue weighted by Gasteiger charge is -2.24. The summed E-state index contributed by atoms with van der Waals surface area (Å²) in [5, 5.41) is 0.673. The summed E-state index contributed by atoms with van der Waals surface area (Å²) in [7, 11) is 0. The molecule has 88 valence electrons. The molecule has 0 aliphatic carbocycles. The van der Waals surface area contributed by atoms with Crippen molar-refractivity contribution in [3.8, 4) is 5.75 Å². The van der Waals surface area contributed by atoms with Crippen LogP contribution in [0.25, 0.3) is 0 Å². The Morgan fingerprint density at radius 3 is 2.81 bits per heavy atom. The van der Waals surface area contributed by atoms with E-state index in [2.05, 4.69) is 0 Å². The predicted molar refractivity (Wildman–Crippen MR) is 63.8 cm³/mol. The molecule has 0 atom stereocenters. The van der Waals surface area contributed by atoms with Gasteiger partial charge in [-0.1, -0.05) is 17.7 Å². The second-order valence-corrected chi connectivity index (χ2v) is 4.26. The molecular weight excluding hydrogens is 226 g/mol. The summed E-state index contributed by atoms with van der Waals surface area (Å²) in [5.74, 6) is 0.807. The minimum atomic E-state index is 0.220. The first-order chi connectivity index (χ1) is 7.81. The van der Waals surface area contributed by atoms with Gasteiger partial charge >= 0.3 is 0 Å². The molecule has 0 saturated carbocycles. The number of hydrogen-bond donors (Lipinski definition) is 1. The van der Waals surface area contributed by atoms with Crippen LogP contribution in [0.2, 0.25) is 5.02 Å². The normalized spacial score (nSPS) is 17.4. The number of benzene rings is 1. The number of halogens is 1. The average molecular weight is 242 g/mol. The molecule has 0 spiro atoms. The van der Waals surface area contributed by atoms with Crippen molar-refractivity contribution in [1.29, 1.82) is 0 Å². The van der Waals surface area contributed by atoms with E-state index in [1.165, 1.54) is 0 Å². The van der Waals surface area contributed by atoms with Crippen molar-refractivity contribution in [3.05, 3.63) is 28.8 Å². The van der Waals surface area contributed by atoms with Gasteiger partial charge in [-0.2, -0.15) is 0 Å². The quantitative estimate of drug-likeness (QED) is 0.884. The van der Waals surface area contributed by atoms with Crippen molar-refractivity contribution in [1.82, 2.24) is 0 Å². The second-order valence-electron chi connectivity index (χ2n) is 3.85. The first kappa shape index (κ1) is 11.7. The molecule has 1 aliphatic rings. The maximum Gasteiger partial charge on any atom is 0.125 e. The Morgan fingerprint density at radius 2 is 2.12 bits per heavy atom. The molecule has 0 unspecified atom stereocenters. The van der Waals surface area contributed by atoms with Gasteiger partial charge in [-0.25, -0.2) is 0 Å². The van der Waals surface area contributed by atoms with Crippen LogP contribution in [0, 0.1) is 0 Å². The molecule has 4 heteroatoms. The van der Waals surface area contributed by atoms with Gasteiger partial charge in [0.15, 0.2) is 0 Å². The summed E-state index contributed by atoms with van der Waals surface area (Å²) in [5.41, 5.74) is 6.55. The van der Waals surface area contributed by atoms with Crippen LogP contribution in [0.4, 0.5) is 0 Å². The van der Waals surface area contributed by atoms with E-state index in [4.69, 9.17) is 26.8 Å². The Hall–Kier alpha value is -0.770. The lowest BCUT2D eigenvalue weighted by molar-refractivity contribution is 0.0252. The Balaban J connectivity index is 2.10. The molecule has 2 N–H and O–H groups in total. The summed E-state index contributed by atoms with van der Waals surface area (Å²) in [6, 6.07) is 5.64. The highest BCUT2D eigenvalue weighted by atomic mass is 35.5. The van der Waals surface area contributed by atoms with Crippen molar-refractivity contribution in [2.45, 2.75) is 25.5 Å². The van der Waals surface area contributed by atoms with Crippen LogP contribution in [-0.2, 0) is 11.3 Å². The third-order valence-corrected chi connectivity index (χ3v) is 3.10. The van der Waals surface area contributed by atoms with Crippen molar-refractivity contribution < 1.29 is 9.47 Å². The third kappa shape index (κ3) is 2.67. The minimum Gasteiger partial charge on any atom is -0.490 e. The number of ether oxygens (including phenoxy) is 2. The summed E-state index contributed by atoms with van der Waals surface area (Å²) in [4.78, 5) is 0. The summed E-state index contributed by atoms with van der Waals surface area (Å²) in [6.45, 7) is 1.94. The molecule has 1 aliphatic heterocycles. The lowest BCUT2D eigenvalue weighted by atomic mass is 10.1. The SMILES string of the molecule is NCc1c(Cl)cccc1OC1CCOCC1. The predicted octanol–water partition coefficient (Wildman–Crippen LogP) is 2.36. The largest absolute Gasteiger partial charge is 0.490 e. The topological polar surface area (TPSA) is 44.5 Å². The zero-order chi connectivity index (χ0) is 11.4. The van der Waals surface area contributed by atoms with E-state index in [-0.39, 0.29) is 6.10 Å². The van der Waals surface area contributed by atoms with Crippen molar-refractivity contribution in [2.75, 3.05) is 13.2 Å². The van der Waals surface area contributed by atoms with E-state index in [0.29, 0.717) is 11.6 Å². The maximum absolute atomic E-state index is 6.06. The Kier molecular flexibility index (Phi) is 4.04. The molecule has 1 aromatic rings. The van der Waals surface area contributed by atoms with E-state index in [1.807, 2.05) is 18.2 Å². The maximum atomic E-state index is 6.06. The van der Waals surface area contributed by atoms with E-state index in [9.17, 15) is 0 Å². The van der Waals surface area contributed by atoms with Gasteiger partial charge in [-0.15, -0.1) is 0 Å². The number of nitrogens with two attached hydrogens (primary N) is 1. The monoisotopic (exact) mass is 241 g/mol. The highest BCUT2D eigenvalue weighted by Crippen LogP contribution is 2.28. The van der Waals surface area contributed by atoms with Gasteiger partial charge < -0.3 is 15.2 Å². The Labute approximate surface area is 100 Å². The van der Waals surface area contributed by atoms with Crippen LogP contribution in [0.3, 0.4) is 0 Å². The molecule has 1 saturated heterocycles. The van der Waals surface area contributed by atoms with Crippen LogP contribution in [0.1, 0.15) is 18.4 Å². The lowest BCUT2D eigenvalue weighted by Crippen LogP contribution is -2.26. The number of rotatable bonds is 3. The molecule has 16 heavy (non-hydrogen) atoms. The summed E-state index contributed by atoms with van der Waals surface area (Å²) in [6.07, 6.45) is 2.07. The first-order valence-electron chi connectivity index (χ1n) is 5.53. The molecule has 1 fully saturated rings. The molecule has 1 heterocycles. The molecule has 0 aromatic heterocycles. The average Bonchev–Trinajstić information content (AvgIpc) is 2.31. The Bertz CT molecular complexity index is 351. The van der Waals surface area contributed by atoms with Crippen molar-refractivity contribution in [2.24, 2.45) is 5.73 Å². The van der Waals surface area contributed by atoms with Gasteiger partial charge in [-0.05, 0) is 12.1 Å². The van der Waals surface area contributed by atoms with Crippen LogP contribution in [0.5, 0.6) is 5.75 Å². The fraction of sp³-hybridized carbons (Fsp3) is 0.500. The van der Waals surface area contributed by atoms with Gasteiger partial charge in [0.1, 0.15) is 11.9 Å². The van der Waals surface area contributed by atoms with E-state index >= 15 is 0 Å². The molecule has 3 nitrogen and oxygen atoms in total. The second kappa shape index (κ2) is 5.53. The zero-order valence-electron chi connectivity index (χ0n) is 9.12. The van der Waals surface area contributed by atoms with Crippen molar-refractivity contribution in [3.63, 3.8) is 0 Å².